The van der Waals surface area contributed by atoms with E-state index >= 15 is 0 Å². The molecule has 1 rings (SSSR count). The molecule has 1 aromatic rings. The van der Waals surface area contributed by atoms with E-state index < -0.39 is 0 Å². The maximum Gasteiger partial charge on any atom is 0.0822 e. The summed E-state index contributed by atoms with van der Waals surface area (Å²) in [5, 5.41) is 0. The highest BCUT2D eigenvalue weighted by Crippen LogP contribution is 2.22. The summed E-state index contributed by atoms with van der Waals surface area (Å²) in [4.78, 5) is 0. The minimum absolute atomic E-state index is 0.253. The molecule has 1 nitrogen and oxygen atoms in total. The van der Waals surface area contributed by atoms with E-state index in [9.17, 15) is 0 Å². The fourth-order valence-corrected chi connectivity index (χ4v) is 1.65. The van der Waals surface area contributed by atoms with Crippen molar-refractivity contribution in [2.24, 2.45) is 0 Å². The third kappa shape index (κ3) is 3.43. The molecule has 0 aliphatic rings. The average Bonchev–Trinajstić information content (AvgIpc) is 2.21. The van der Waals surface area contributed by atoms with Crippen molar-refractivity contribution in [3.8, 4) is 0 Å². The van der Waals surface area contributed by atoms with Crippen LogP contribution < -0.4 is 0 Å². The van der Waals surface area contributed by atoms with Crippen molar-refractivity contribution >= 4 is 15.9 Å². The van der Waals surface area contributed by atoms with E-state index in [4.69, 9.17) is 4.74 Å². The summed E-state index contributed by atoms with van der Waals surface area (Å²) in [5.41, 5.74) is 1.27. The lowest BCUT2D eigenvalue weighted by atomic mass is 10.1. The summed E-state index contributed by atoms with van der Waals surface area (Å²) in [6, 6.07) is 8.36. The van der Waals surface area contributed by atoms with Crippen LogP contribution in [-0.4, -0.2) is 6.61 Å². The lowest BCUT2D eigenvalue weighted by Gasteiger charge is -2.15. The van der Waals surface area contributed by atoms with Gasteiger partial charge in [-0.1, -0.05) is 41.9 Å². The molecule has 0 aliphatic heterocycles. The molecule has 0 unspecified atom stereocenters. The molecule has 0 radical (unpaired) electrons. The predicted molar refractivity (Wildman–Crippen MR) is 63.4 cm³/mol. The van der Waals surface area contributed by atoms with Gasteiger partial charge >= 0.3 is 0 Å². The second kappa shape index (κ2) is 6.20. The zero-order valence-electron chi connectivity index (χ0n) is 8.79. The van der Waals surface area contributed by atoms with E-state index in [2.05, 4.69) is 54.0 Å². The summed E-state index contributed by atoms with van der Waals surface area (Å²) in [6.07, 6.45) is 2.36. The molecule has 0 aliphatic carbocycles. The number of ether oxygens (including phenoxy) is 1. The van der Waals surface area contributed by atoms with Crippen LogP contribution in [0.5, 0.6) is 0 Å². The topological polar surface area (TPSA) is 9.23 Å². The molecule has 2 heteroatoms. The highest BCUT2D eigenvalue weighted by molar-refractivity contribution is 9.10. The zero-order valence-corrected chi connectivity index (χ0v) is 10.4. The van der Waals surface area contributed by atoms with Crippen molar-refractivity contribution in [1.29, 1.82) is 0 Å². The van der Waals surface area contributed by atoms with Gasteiger partial charge in [-0.15, -0.1) is 0 Å². The number of halogens is 1. The second-order valence-electron chi connectivity index (χ2n) is 3.32. The van der Waals surface area contributed by atoms with Crippen LogP contribution in [-0.2, 0) is 4.74 Å². The average molecular weight is 257 g/mol. The molecule has 0 fully saturated rings. The molecule has 0 N–H and O–H groups in total. The van der Waals surface area contributed by atoms with E-state index in [0.717, 1.165) is 23.9 Å². The molecule has 14 heavy (non-hydrogen) atoms. The molecule has 0 saturated carbocycles. The van der Waals surface area contributed by atoms with Gasteiger partial charge in [0.15, 0.2) is 0 Å². The molecule has 78 valence electrons. The first kappa shape index (κ1) is 11.7. The molecule has 0 spiro atoms. The van der Waals surface area contributed by atoms with Crippen molar-refractivity contribution in [3.05, 3.63) is 34.3 Å². The monoisotopic (exact) mass is 256 g/mol. The van der Waals surface area contributed by atoms with Gasteiger partial charge in [-0.2, -0.15) is 0 Å². The van der Waals surface area contributed by atoms with Crippen molar-refractivity contribution in [1.82, 2.24) is 0 Å². The Bertz CT molecular complexity index is 256. The van der Waals surface area contributed by atoms with E-state index in [1.165, 1.54) is 5.56 Å². The van der Waals surface area contributed by atoms with Crippen molar-refractivity contribution < 1.29 is 4.74 Å². The molecule has 0 saturated heterocycles. The standard InChI is InChI=1S/C12H17BrO/c1-3-9-14-12(4-2)10-5-7-11(13)8-6-10/h5-8,12H,3-4,9H2,1-2H3/t12-/m0/s1. The Hall–Kier alpha value is -0.340. The van der Waals surface area contributed by atoms with Crippen molar-refractivity contribution in [3.63, 3.8) is 0 Å². The summed E-state index contributed by atoms with van der Waals surface area (Å²) in [7, 11) is 0. The fraction of sp³-hybridized carbons (Fsp3) is 0.500. The smallest absolute Gasteiger partial charge is 0.0822 e. The van der Waals surface area contributed by atoms with E-state index in [1.807, 2.05) is 0 Å². The van der Waals surface area contributed by atoms with Crippen LogP contribution >= 0.6 is 15.9 Å². The second-order valence-corrected chi connectivity index (χ2v) is 4.23. The highest BCUT2D eigenvalue weighted by atomic mass is 79.9. The normalized spacial score (nSPS) is 12.8. The number of hydrogen-bond acceptors (Lipinski definition) is 1. The Balaban J connectivity index is 2.64. The van der Waals surface area contributed by atoms with Gasteiger partial charge in [-0.3, -0.25) is 0 Å². The summed E-state index contributed by atoms with van der Waals surface area (Å²) in [5.74, 6) is 0. The molecule has 1 atom stereocenters. The largest absolute Gasteiger partial charge is 0.374 e. The molecular formula is C12H17BrO. The first-order valence-corrected chi connectivity index (χ1v) is 5.94. The number of benzene rings is 1. The van der Waals surface area contributed by atoms with Crippen LogP contribution in [0, 0.1) is 0 Å². The maximum atomic E-state index is 5.75. The maximum absolute atomic E-state index is 5.75. The van der Waals surface area contributed by atoms with E-state index in [1.54, 1.807) is 0 Å². The quantitative estimate of drug-likeness (QED) is 0.763. The molecule has 0 amide bonds. The van der Waals surface area contributed by atoms with Gasteiger partial charge in [-0.25, -0.2) is 0 Å². The molecule has 0 aromatic heterocycles. The Labute approximate surface area is 94.6 Å². The third-order valence-corrected chi connectivity index (χ3v) is 2.66. The Morgan fingerprint density at radius 2 is 1.86 bits per heavy atom. The molecule has 0 heterocycles. The van der Waals surface area contributed by atoms with Gasteiger partial charge in [0, 0.05) is 11.1 Å². The highest BCUT2D eigenvalue weighted by Gasteiger charge is 2.08. The van der Waals surface area contributed by atoms with Gasteiger partial charge in [-0.05, 0) is 30.5 Å². The van der Waals surface area contributed by atoms with Crippen molar-refractivity contribution in [2.75, 3.05) is 6.61 Å². The Kier molecular flexibility index (Phi) is 5.20. The van der Waals surface area contributed by atoms with Gasteiger partial charge in [0.05, 0.1) is 6.10 Å². The van der Waals surface area contributed by atoms with Crippen LogP contribution in [0.15, 0.2) is 28.7 Å². The van der Waals surface area contributed by atoms with Gasteiger partial charge in [0.2, 0.25) is 0 Å². The molecular weight excluding hydrogens is 240 g/mol. The lowest BCUT2D eigenvalue weighted by Crippen LogP contribution is -2.03. The Morgan fingerprint density at radius 3 is 2.36 bits per heavy atom. The minimum atomic E-state index is 0.253. The fourth-order valence-electron chi connectivity index (χ4n) is 1.39. The van der Waals surface area contributed by atoms with Crippen LogP contribution in [0.3, 0.4) is 0 Å². The number of hydrogen-bond donors (Lipinski definition) is 0. The minimum Gasteiger partial charge on any atom is -0.374 e. The first-order valence-electron chi connectivity index (χ1n) is 5.15. The van der Waals surface area contributed by atoms with Crippen LogP contribution in [0.4, 0.5) is 0 Å². The van der Waals surface area contributed by atoms with Crippen LogP contribution in [0.2, 0.25) is 0 Å². The first-order chi connectivity index (χ1) is 6.77. The van der Waals surface area contributed by atoms with Gasteiger partial charge < -0.3 is 4.74 Å². The zero-order chi connectivity index (χ0) is 10.4. The predicted octanol–water partition coefficient (Wildman–Crippen LogP) is 4.33. The Morgan fingerprint density at radius 1 is 1.21 bits per heavy atom. The molecule has 1 aromatic carbocycles. The van der Waals surface area contributed by atoms with E-state index in [-0.39, 0.29) is 6.10 Å². The van der Waals surface area contributed by atoms with Crippen LogP contribution in [0.25, 0.3) is 0 Å². The van der Waals surface area contributed by atoms with Crippen LogP contribution in [0.1, 0.15) is 38.4 Å². The van der Waals surface area contributed by atoms with Gasteiger partial charge in [0.25, 0.3) is 0 Å². The summed E-state index contributed by atoms with van der Waals surface area (Å²) >= 11 is 3.43. The summed E-state index contributed by atoms with van der Waals surface area (Å²) in [6.45, 7) is 5.13. The molecule has 0 bridgehead atoms. The third-order valence-electron chi connectivity index (χ3n) is 2.14. The van der Waals surface area contributed by atoms with E-state index in [0.29, 0.717) is 0 Å². The van der Waals surface area contributed by atoms with Crippen molar-refractivity contribution in [2.45, 2.75) is 32.8 Å². The summed E-state index contributed by atoms with van der Waals surface area (Å²) < 4.78 is 6.87. The SMILES string of the molecule is CCCO[C@@H](CC)c1ccc(Br)cc1. The van der Waals surface area contributed by atoms with Gasteiger partial charge in [0.1, 0.15) is 0 Å². The lowest BCUT2D eigenvalue weighted by molar-refractivity contribution is 0.0504. The number of rotatable bonds is 5.